The van der Waals surface area contributed by atoms with Crippen LogP contribution in [0.5, 0.6) is 0 Å². The van der Waals surface area contributed by atoms with Gasteiger partial charge >= 0.3 is 6.03 Å². The van der Waals surface area contributed by atoms with Gasteiger partial charge in [-0.05, 0) is 38.2 Å². The third-order valence-electron chi connectivity index (χ3n) is 5.26. The molecule has 2 aromatic rings. The van der Waals surface area contributed by atoms with Gasteiger partial charge in [0.1, 0.15) is 17.3 Å². The summed E-state index contributed by atoms with van der Waals surface area (Å²) < 4.78 is 1.69. The van der Waals surface area contributed by atoms with Crippen LogP contribution in [0, 0.1) is 0 Å². The molecule has 2 saturated carbocycles. The van der Waals surface area contributed by atoms with Gasteiger partial charge in [0.2, 0.25) is 0 Å². The predicted octanol–water partition coefficient (Wildman–Crippen LogP) is 0.809. The zero-order valence-corrected chi connectivity index (χ0v) is 15.1. The fraction of sp³-hybridized carbons (Fsp3) is 0.444. The average Bonchev–Trinajstić information content (AvgIpc) is 3.10. The fourth-order valence-electron chi connectivity index (χ4n) is 3.63. The van der Waals surface area contributed by atoms with Crippen molar-refractivity contribution in [2.45, 2.75) is 50.3 Å². The number of rotatable bonds is 5. The Hall–Kier alpha value is -3.14. The van der Waals surface area contributed by atoms with E-state index in [1.807, 2.05) is 6.07 Å². The molecule has 10 nitrogen and oxygen atoms in total. The number of amides is 3. The Kier molecular flexibility index (Phi) is 3.93. The minimum Gasteiger partial charge on any atom is -0.391 e. The summed E-state index contributed by atoms with van der Waals surface area (Å²) >= 11 is 0. The Labute approximate surface area is 160 Å². The number of fused-ring (bicyclic) bond motifs is 1. The molecule has 3 aliphatic rings. The molecule has 5 N–H and O–H groups in total. The third-order valence-corrected chi connectivity index (χ3v) is 5.26. The van der Waals surface area contributed by atoms with E-state index in [-0.39, 0.29) is 17.8 Å². The van der Waals surface area contributed by atoms with E-state index < -0.39 is 11.9 Å². The van der Waals surface area contributed by atoms with Crippen LogP contribution >= 0.6 is 0 Å². The van der Waals surface area contributed by atoms with Crippen LogP contribution in [0.15, 0.2) is 18.0 Å². The second kappa shape index (κ2) is 6.48. The van der Waals surface area contributed by atoms with E-state index in [2.05, 4.69) is 31.3 Å². The molecule has 28 heavy (non-hydrogen) atoms. The highest BCUT2D eigenvalue weighted by molar-refractivity contribution is 6.14. The molecule has 0 aromatic carbocycles. The van der Waals surface area contributed by atoms with Crippen LogP contribution in [-0.2, 0) is 4.79 Å². The van der Waals surface area contributed by atoms with Gasteiger partial charge in [-0.25, -0.2) is 9.78 Å². The molecule has 5 rings (SSSR count). The molecule has 0 spiro atoms. The zero-order valence-electron chi connectivity index (χ0n) is 15.1. The SMILES string of the molecule is O=C1NC(=O)/C(=C/c2cnn3c(NC4CC4)cc(N[C@H]4CCCC4O)nc23)N1. The first-order valence-corrected chi connectivity index (χ1v) is 9.51. The number of aromatic nitrogens is 3. The van der Waals surface area contributed by atoms with E-state index in [1.54, 1.807) is 16.8 Å². The maximum atomic E-state index is 11.8. The van der Waals surface area contributed by atoms with E-state index in [1.165, 1.54) is 0 Å². The van der Waals surface area contributed by atoms with E-state index in [9.17, 15) is 14.7 Å². The van der Waals surface area contributed by atoms with Crippen molar-refractivity contribution in [1.82, 2.24) is 25.2 Å². The lowest BCUT2D eigenvalue weighted by Gasteiger charge is -2.18. The molecule has 10 heteroatoms. The number of hydrogen-bond donors (Lipinski definition) is 5. The largest absolute Gasteiger partial charge is 0.391 e. The number of hydrogen-bond acceptors (Lipinski definition) is 7. The van der Waals surface area contributed by atoms with Gasteiger partial charge < -0.3 is 21.1 Å². The van der Waals surface area contributed by atoms with Gasteiger partial charge in [0.25, 0.3) is 5.91 Å². The van der Waals surface area contributed by atoms with E-state index in [4.69, 9.17) is 0 Å². The average molecular weight is 383 g/mol. The Morgan fingerprint density at radius 3 is 2.71 bits per heavy atom. The monoisotopic (exact) mass is 383 g/mol. The quantitative estimate of drug-likeness (QED) is 0.381. The molecule has 2 aliphatic carbocycles. The Morgan fingerprint density at radius 2 is 2.04 bits per heavy atom. The summed E-state index contributed by atoms with van der Waals surface area (Å²) in [4.78, 5) is 27.8. The molecule has 1 unspecified atom stereocenters. The van der Waals surface area contributed by atoms with Gasteiger partial charge in [-0.2, -0.15) is 9.61 Å². The van der Waals surface area contributed by atoms with Crippen molar-refractivity contribution in [2.24, 2.45) is 0 Å². The van der Waals surface area contributed by atoms with E-state index >= 15 is 0 Å². The molecule has 2 aromatic heterocycles. The van der Waals surface area contributed by atoms with Crippen LogP contribution < -0.4 is 21.3 Å². The lowest BCUT2D eigenvalue weighted by atomic mass is 10.2. The van der Waals surface area contributed by atoms with Gasteiger partial charge in [-0.3, -0.25) is 10.1 Å². The van der Waals surface area contributed by atoms with Crippen molar-refractivity contribution >= 4 is 35.3 Å². The molecule has 2 atom stereocenters. The molecule has 0 bridgehead atoms. The van der Waals surface area contributed by atoms with Crippen molar-refractivity contribution in [1.29, 1.82) is 0 Å². The van der Waals surface area contributed by atoms with Gasteiger partial charge in [-0.15, -0.1) is 0 Å². The van der Waals surface area contributed by atoms with Gasteiger partial charge in [0, 0.05) is 17.7 Å². The van der Waals surface area contributed by atoms with E-state index in [0.29, 0.717) is 23.1 Å². The fourth-order valence-corrected chi connectivity index (χ4v) is 3.63. The predicted molar refractivity (Wildman–Crippen MR) is 102 cm³/mol. The summed E-state index contributed by atoms with van der Waals surface area (Å²) in [5.74, 6) is 0.956. The maximum absolute atomic E-state index is 11.8. The lowest BCUT2D eigenvalue weighted by Crippen LogP contribution is -2.28. The van der Waals surface area contributed by atoms with Crippen LogP contribution in [0.25, 0.3) is 11.7 Å². The number of aliphatic hydroxyl groups excluding tert-OH is 1. The molecule has 0 radical (unpaired) electrons. The standard InChI is InChI=1S/C18H21N7O3/c26-13-3-1-2-11(13)21-14-7-15(20-10-4-5-10)25-16(23-14)9(8-19-25)6-12-17(27)24-18(28)22-12/h6-8,10-11,13,20,26H,1-5H2,(H,21,23)(H2,22,24,27,28)/b12-6-/t11-,13?/m0/s1. The number of urea groups is 1. The molecule has 1 saturated heterocycles. The van der Waals surface area contributed by atoms with Gasteiger partial charge in [0.15, 0.2) is 5.65 Å². The van der Waals surface area contributed by atoms with Crippen LogP contribution in [0.3, 0.4) is 0 Å². The summed E-state index contributed by atoms with van der Waals surface area (Å²) in [6.07, 6.45) is 7.66. The first-order valence-electron chi connectivity index (χ1n) is 9.51. The minimum absolute atomic E-state index is 0.0339. The highest BCUT2D eigenvalue weighted by atomic mass is 16.3. The van der Waals surface area contributed by atoms with Crippen molar-refractivity contribution in [3.05, 3.63) is 23.5 Å². The third kappa shape index (κ3) is 3.15. The number of anilines is 2. The Bertz CT molecular complexity index is 994. The van der Waals surface area contributed by atoms with Crippen molar-refractivity contribution in [3.63, 3.8) is 0 Å². The summed E-state index contributed by atoms with van der Waals surface area (Å²) in [5, 5.41) is 26.0. The Balaban J connectivity index is 1.54. The number of aliphatic hydroxyl groups is 1. The summed E-state index contributed by atoms with van der Waals surface area (Å²) in [6.45, 7) is 0. The number of carbonyl (C=O) groups is 2. The molecule has 3 fully saturated rings. The van der Waals surface area contributed by atoms with Crippen LogP contribution in [-0.4, -0.2) is 49.8 Å². The first-order chi connectivity index (χ1) is 13.6. The molecule has 3 amide bonds. The molecule has 3 heterocycles. The highest BCUT2D eigenvalue weighted by Crippen LogP contribution is 2.29. The normalized spacial score (nSPS) is 26.0. The number of nitrogens with one attached hydrogen (secondary N) is 4. The van der Waals surface area contributed by atoms with Crippen molar-refractivity contribution in [2.75, 3.05) is 10.6 Å². The van der Waals surface area contributed by atoms with E-state index in [0.717, 1.165) is 37.9 Å². The lowest BCUT2D eigenvalue weighted by molar-refractivity contribution is -0.115. The second-order valence-corrected chi connectivity index (χ2v) is 7.50. The number of nitrogens with zero attached hydrogens (tertiary/aromatic N) is 3. The molecular formula is C18H21N7O3. The second-order valence-electron chi connectivity index (χ2n) is 7.50. The topological polar surface area (TPSA) is 133 Å². The number of carbonyl (C=O) groups excluding carboxylic acids is 2. The minimum atomic E-state index is -0.547. The molecule has 1 aliphatic heterocycles. The maximum Gasteiger partial charge on any atom is 0.326 e. The molecular weight excluding hydrogens is 362 g/mol. The summed E-state index contributed by atoms with van der Waals surface area (Å²) in [6, 6.07) is 1.73. The van der Waals surface area contributed by atoms with Gasteiger partial charge in [-0.1, -0.05) is 0 Å². The smallest absolute Gasteiger partial charge is 0.326 e. The highest BCUT2D eigenvalue weighted by Gasteiger charge is 2.28. The molecule has 146 valence electrons. The zero-order chi connectivity index (χ0) is 19.3. The van der Waals surface area contributed by atoms with Crippen molar-refractivity contribution in [3.8, 4) is 0 Å². The van der Waals surface area contributed by atoms with Gasteiger partial charge in [0.05, 0.1) is 18.3 Å². The van der Waals surface area contributed by atoms with Crippen LogP contribution in [0.4, 0.5) is 16.4 Å². The summed E-state index contributed by atoms with van der Waals surface area (Å²) in [5.41, 5.74) is 1.33. The van der Waals surface area contributed by atoms with Crippen LogP contribution in [0.1, 0.15) is 37.7 Å². The van der Waals surface area contributed by atoms with Crippen LogP contribution in [0.2, 0.25) is 0 Å². The first kappa shape index (κ1) is 17.0. The van der Waals surface area contributed by atoms with Crippen molar-refractivity contribution < 1.29 is 14.7 Å². The Morgan fingerprint density at radius 1 is 1.18 bits per heavy atom. The summed E-state index contributed by atoms with van der Waals surface area (Å²) in [7, 11) is 0. The number of imide groups is 1.